The first-order valence-corrected chi connectivity index (χ1v) is 8.65. The average Bonchev–Trinajstić information content (AvgIpc) is 3.00. The first-order chi connectivity index (χ1) is 12.2. The van der Waals surface area contributed by atoms with E-state index in [1.165, 1.54) is 6.42 Å². The quantitative estimate of drug-likeness (QED) is 0.781. The molecule has 0 spiro atoms. The maximum absolute atomic E-state index is 12.8. The predicted octanol–water partition coefficient (Wildman–Crippen LogP) is 2.91. The zero-order valence-corrected chi connectivity index (χ0v) is 14.3. The van der Waals surface area contributed by atoms with Gasteiger partial charge in [0.1, 0.15) is 11.4 Å². The molecule has 0 aliphatic carbocycles. The van der Waals surface area contributed by atoms with Crippen molar-refractivity contribution in [1.29, 1.82) is 0 Å². The summed E-state index contributed by atoms with van der Waals surface area (Å²) >= 11 is 0. The zero-order valence-electron chi connectivity index (χ0n) is 14.3. The van der Waals surface area contributed by atoms with E-state index in [-0.39, 0.29) is 5.91 Å². The highest BCUT2D eigenvalue weighted by Crippen LogP contribution is 2.29. The fraction of sp³-hybridized carbons (Fsp3) is 0.316. The van der Waals surface area contributed by atoms with Crippen LogP contribution < -0.4 is 5.73 Å². The van der Waals surface area contributed by atoms with Crippen molar-refractivity contribution in [2.24, 2.45) is 0 Å². The third-order valence-electron chi connectivity index (χ3n) is 4.79. The number of nitrogens with two attached hydrogens (primary N) is 1. The highest BCUT2D eigenvalue weighted by molar-refractivity contribution is 5.99. The van der Waals surface area contributed by atoms with Gasteiger partial charge in [0.25, 0.3) is 5.91 Å². The predicted molar refractivity (Wildman–Crippen MR) is 97.3 cm³/mol. The molecule has 6 nitrogen and oxygen atoms in total. The SMILES string of the molecule is Cc1nn2c(N)c(C(=O)N3CCCCC3)cnc2c1-c1ccccc1. The Morgan fingerprint density at radius 2 is 1.84 bits per heavy atom. The molecule has 0 bridgehead atoms. The number of aromatic nitrogens is 3. The van der Waals surface area contributed by atoms with Gasteiger partial charge in [-0.25, -0.2) is 4.98 Å². The Balaban J connectivity index is 1.80. The molecule has 1 aromatic carbocycles. The summed E-state index contributed by atoms with van der Waals surface area (Å²) in [5.41, 5.74) is 10.2. The molecule has 3 heterocycles. The molecule has 0 radical (unpaired) electrons. The van der Waals surface area contributed by atoms with Gasteiger partial charge in [-0.2, -0.15) is 9.61 Å². The molecule has 1 aliphatic heterocycles. The third kappa shape index (κ3) is 2.63. The average molecular weight is 335 g/mol. The lowest BCUT2D eigenvalue weighted by Crippen LogP contribution is -2.36. The van der Waals surface area contributed by atoms with Crippen LogP contribution in [-0.4, -0.2) is 38.5 Å². The van der Waals surface area contributed by atoms with Gasteiger partial charge in [-0.05, 0) is 31.7 Å². The monoisotopic (exact) mass is 335 g/mol. The Labute approximate surface area is 146 Å². The molecule has 2 N–H and O–H groups in total. The minimum absolute atomic E-state index is 0.0546. The Kier molecular flexibility index (Phi) is 3.87. The number of piperidine rings is 1. The number of hydrogen-bond donors (Lipinski definition) is 1. The van der Waals surface area contributed by atoms with Gasteiger partial charge in [-0.15, -0.1) is 0 Å². The lowest BCUT2D eigenvalue weighted by Gasteiger charge is -2.27. The lowest BCUT2D eigenvalue weighted by atomic mass is 10.1. The molecule has 1 fully saturated rings. The number of carbonyl (C=O) groups excluding carboxylic acids is 1. The Morgan fingerprint density at radius 1 is 1.12 bits per heavy atom. The van der Waals surface area contributed by atoms with Crippen molar-refractivity contribution in [2.75, 3.05) is 18.8 Å². The van der Waals surface area contributed by atoms with E-state index < -0.39 is 0 Å². The van der Waals surface area contributed by atoms with Crippen LogP contribution in [0, 0.1) is 6.92 Å². The summed E-state index contributed by atoms with van der Waals surface area (Å²) in [4.78, 5) is 19.2. The molecule has 4 rings (SSSR count). The standard InChI is InChI=1S/C19H21N5O/c1-13-16(14-8-4-2-5-9-14)18-21-12-15(17(20)24(18)22-13)19(25)23-10-6-3-7-11-23/h2,4-5,8-9,12H,3,6-7,10-11,20H2,1H3. The smallest absolute Gasteiger partial charge is 0.259 e. The van der Waals surface area contributed by atoms with Crippen LogP contribution in [0.25, 0.3) is 16.8 Å². The Morgan fingerprint density at radius 3 is 2.56 bits per heavy atom. The van der Waals surface area contributed by atoms with E-state index in [1.54, 1.807) is 10.7 Å². The van der Waals surface area contributed by atoms with E-state index >= 15 is 0 Å². The molecular formula is C19H21N5O. The van der Waals surface area contributed by atoms with Crippen LogP contribution in [0.1, 0.15) is 35.3 Å². The van der Waals surface area contributed by atoms with Gasteiger partial charge in [0.15, 0.2) is 5.65 Å². The number of aryl methyl sites for hydroxylation is 1. The van der Waals surface area contributed by atoms with Crippen molar-refractivity contribution in [3.63, 3.8) is 0 Å². The van der Waals surface area contributed by atoms with Crippen LogP contribution in [0.4, 0.5) is 5.82 Å². The van der Waals surface area contributed by atoms with Gasteiger partial charge in [0, 0.05) is 24.8 Å². The molecule has 1 aliphatic rings. The van der Waals surface area contributed by atoms with Crippen molar-refractivity contribution in [2.45, 2.75) is 26.2 Å². The summed E-state index contributed by atoms with van der Waals surface area (Å²) in [6.45, 7) is 3.50. The molecule has 0 unspecified atom stereocenters. The van der Waals surface area contributed by atoms with Gasteiger partial charge < -0.3 is 10.6 Å². The van der Waals surface area contributed by atoms with Crippen LogP contribution in [0.15, 0.2) is 36.5 Å². The molecule has 0 saturated carbocycles. The second-order valence-corrected chi connectivity index (χ2v) is 6.47. The van der Waals surface area contributed by atoms with Crippen molar-refractivity contribution in [3.05, 3.63) is 47.8 Å². The lowest BCUT2D eigenvalue weighted by molar-refractivity contribution is 0.0724. The number of anilines is 1. The minimum atomic E-state index is -0.0546. The highest BCUT2D eigenvalue weighted by Gasteiger charge is 2.23. The van der Waals surface area contributed by atoms with Crippen molar-refractivity contribution in [3.8, 4) is 11.1 Å². The molecule has 0 atom stereocenters. The third-order valence-corrected chi connectivity index (χ3v) is 4.79. The van der Waals surface area contributed by atoms with E-state index in [0.29, 0.717) is 17.0 Å². The Hall–Kier alpha value is -2.89. The molecule has 128 valence electrons. The number of fused-ring (bicyclic) bond motifs is 1. The Bertz CT molecular complexity index is 926. The first kappa shape index (κ1) is 15.6. The maximum Gasteiger partial charge on any atom is 0.259 e. The van der Waals surface area contributed by atoms with E-state index in [1.807, 2.05) is 42.2 Å². The van der Waals surface area contributed by atoms with Crippen LogP contribution in [0.5, 0.6) is 0 Å². The van der Waals surface area contributed by atoms with Gasteiger partial charge in [-0.1, -0.05) is 30.3 Å². The molecule has 3 aromatic rings. The number of carbonyl (C=O) groups is 1. The van der Waals surface area contributed by atoms with E-state index in [9.17, 15) is 4.79 Å². The number of likely N-dealkylation sites (tertiary alicyclic amines) is 1. The summed E-state index contributed by atoms with van der Waals surface area (Å²) < 4.78 is 1.59. The van der Waals surface area contributed by atoms with Crippen LogP contribution in [-0.2, 0) is 0 Å². The maximum atomic E-state index is 12.8. The molecular weight excluding hydrogens is 314 g/mol. The number of amides is 1. The van der Waals surface area contributed by atoms with Gasteiger partial charge in [0.2, 0.25) is 0 Å². The van der Waals surface area contributed by atoms with E-state index in [0.717, 1.165) is 42.8 Å². The van der Waals surface area contributed by atoms with Gasteiger partial charge in [0.05, 0.1) is 5.69 Å². The van der Waals surface area contributed by atoms with E-state index in [4.69, 9.17) is 5.73 Å². The summed E-state index contributed by atoms with van der Waals surface area (Å²) in [7, 11) is 0. The minimum Gasteiger partial charge on any atom is -0.383 e. The van der Waals surface area contributed by atoms with E-state index in [2.05, 4.69) is 10.1 Å². The second-order valence-electron chi connectivity index (χ2n) is 6.47. The van der Waals surface area contributed by atoms with Crippen LogP contribution in [0.2, 0.25) is 0 Å². The number of hydrogen-bond acceptors (Lipinski definition) is 4. The molecule has 1 amide bonds. The topological polar surface area (TPSA) is 76.5 Å². The summed E-state index contributed by atoms with van der Waals surface area (Å²) in [6, 6.07) is 9.98. The largest absolute Gasteiger partial charge is 0.383 e. The second kappa shape index (κ2) is 6.20. The van der Waals surface area contributed by atoms with Gasteiger partial charge >= 0.3 is 0 Å². The molecule has 2 aromatic heterocycles. The van der Waals surface area contributed by atoms with Crippen LogP contribution >= 0.6 is 0 Å². The van der Waals surface area contributed by atoms with Crippen molar-refractivity contribution in [1.82, 2.24) is 19.5 Å². The van der Waals surface area contributed by atoms with Crippen LogP contribution in [0.3, 0.4) is 0 Å². The normalized spacial score (nSPS) is 14.8. The van der Waals surface area contributed by atoms with Crippen molar-refractivity contribution >= 4 is 17.4 Å². The first-order valence-electron chi connectivity index (χ1n) is 8.65. The fourth-order valence-electron chi connectivity index (χ4n) is 3.48. The summed E-state index contributed by atoms with van der Waals surface area (Å²) in [5, 5.41) is 4.54. The van der Waals surface area contributed by atoms with Gasteiger partial charge in [-0.3, -0.25) is 4.79 Å². The zero-order chi connectivity index (χ0) is 17.4. The van der Waals surface area contributed by atoms with Crippen molar-refractivity contribution < 1.29 is 4.79 Å². The highest BCUT2D eigenvalue weighted by atomic mass is 16.2. The summed E-state index contributed by atoms with van der Waals surface area (Å²) in [6.07, 6.45) is 4.85. The number of nitrogens with zero attached hydrogens (tertiary/aromatic N) is 4. The fourth-order valence-corrected chi connectivity index (χ4v) is 3.48. The number of nitrogen functional groups attached to an aromatic ring is 1. The molecule has 6 heteroatoms. The number of benzene rings is 1. The summed E-state index contributed by atoms with van der Waals surface area (Å²) in [5.74, 6) is 0.298. The molecule has 1 saturated heterocycles. The molecule has 25 heavy (non-hydrogen) atoms. The number of rotatable bonds is 2.